The molecule has 2 aliphatic heterocycles. The van der Waals surface area contributed by atoms with Gasteiger partial charge in [0.15, 0.2) is 6.10 Å². The highest BCUT2D eigenvalue weighted by Gasteiger charge is 2.85. The van der Waals surface area contributed by atoms with Crippen LogP contribution in [0.1, 0.15) is 97.0 Å². The minimum atomic E-state index is -3.83. The Hall–Kier alpha value is -3.88. The summed E-state index contributed by atoms with van der Waals surface area (Å²) >= 11 is 0. The number of aliphatic carboxylic acids is 3. The number of hydrogen-bond donors (Lipinski definition) is 6. The average Bonchev–Trinajstić information content (AvgIpc) is 3.32. The Morgan fingerprint density at radius 2 is 1.50 bits per heavy atom. The van der Waals surface area contributed by atoms with E-state index in [9.17, 15) is 49.8 Å². The third-order valence-electron chi connectivity index (χ3n) is 9.99. The summed E-state index contributed by atoms with van der Waals surface area (Å²) in [7, 11) is 0. The number of carboxylic acids is 3. The maximum atomic E-state index is 13.0. The van der Waals surface area contributed by atoms with Gasteiger partial charge in [0.25, 0.3) is 0 Å². The SMILES string of the molecule is C/C=C/CCCC/C=C/CCCCC(=O)O[C@@H]1[C@H](O)[C@@]2(CC[C@H](C)[C@H](O)[C@H](C)C/C=C/c3ccccc3)O[C@@H](C(=O)O)[C@](O)(C(=O)O)[C@@]1(C(=O)O)O2. The van der Waals surface area contributed by atoms with Crippen LogP contribution in [0.3, 0.4) is 0 Å². The number of unbranched alkanes of at least 4 members (excludes halogenated alkanes) is 5. The standard InChI is InChI=1S/C39H54O13/c1-4-5-6-7-8-9-10-11-12-13-17-23-29(40)50-32-31(42)37(51-33(34(43)44)38(49,35(45)46)39(32,52-37)36(47)48)25-24-27(3)30(41)26(2)19-18-22-28-20-15-14-16-21-28/h4-5,10-11,14-16,18,20-22,26-27,30-33,41-42,49H,6-9,12-13,17,19,23-25H2,1-3H3,(H,43,44)(H,45,46)(H,47,48)/b5-4+,11-10+,22-18+/t26-,27+,30-,31+,32-,33+,37+,38+,39-/m1/s1. The molecule has 2 aliphatic rings. The molecule has 2 bridgehead atoms. The highest BCUT2D eigenvalue weighted by Crippen LogP contribution is 2.56. The normalized spacial score (nSPS) is 29.0. The smallest absolute Gasteiger partial charge is 0.344 e. The summed E-state index contributed by atoms with van der Waals surface area (Å²) in [6.45, 7) is 5.50. The molecule has 1 aromatic carbocycles. The van der Waals surface area contributed by atoms with Crippen LogP contribution >= 0.6 is 0 Å². The Labute approximate surface area is 304 Å². The van der Waals surface area contributed by atoms with Crippen LogP contribution in [0.4, 0.5) is 0 Å². The van der Waals surface area contributed by atoms with Gasteiger partial charge in [-0.05, 0) is 82.1 Å². The highest BCUT2D eigenvalue weighted by atomic mass is 16.8. The molecular formula is C39H54O13. The maximum absolute atomic E-state index is 13.0. The van der Waals surface area contributed by atoms with Gasteiger partial charge in [-0.2, -0.15) is 0 Å². The van der Waals surface area contributed by atoms with Crippen LogP contribution in [-0.2, 0) is 33.4 Å². The molecule has 13 nitrogen and oxygen atoms in total. The van der Waals surface area contributed by atoms with Crippen molar-refractivity contribution in [1.29, 1.82) is 0 Å². The van der Waals surface area contributed by atoms with Crippen molar-refractivity contribution in [3.63, 3.8) is 0 Å². The minimum Gasteiger partial charge on any atom is -0.479 e. The summed E-state index contributed by atoms with van der Waals surface area (Å²) in [5, 5.41) is 64.6. The second kappa shape index (κ2) is 19.3. The van der Waals surface area contributed by atoms with Crippen molar-refractivity contribution >= 4 is 30.0 Å². The number of carbonyl (C=O) groups is 4. The van der Waals surface area contributed by atoms with Gasteiger partial charge in [-0.1, -0.05) is 80.6 Å². The zero-order valence-corrected chi connectivity index (χ0v) is 30.1. The molecule has 0 aliphatic carbocycles. The van der Waals surface area contributed by atoms with Crippen molar-refractivity contribution in [3.05, 3.63) is 66.3 Å². The largest absolute Gasteiger partial charge is 0.479 e. The van der Waals surface area contributed by atoms with E-state index in [1.807, 2.05) is 68.5 Å². The Balaban J connectivity index is 1.75. The Bertz CT molecular complexity index is 1440. The van der Waals surface area contributed by atoms with E-state index in [2.05, 4.69) is 12.2 Å². The lowest BCUT2D eigenvalue weighted by Gasteiger charge is -2.48. The molecule has 2 heterocycles. The molecule has 3 rings (SSSR count). The van der Waals surface area contributed by atoms with Gasteiger partial charge in [-0.3, -0.25) is 4.79 Å². The monoisotopic (exact) mass is 730 g/mol. The molecule has 13 heteroatoms. The first-order valence-electron chi connectivity index (χ1n) is 18.0. The Morgan fingerprint density at radius 1 is 0.885 bits per heavy atom. The predicted octanol–water partition coefficient (Wildman–Crippen LogP) is 4.88. The summed E-state index contributed by atoms with van der Waals surface area (Å²) in [4.78, 5) is 50.9. The predicted molar refractivity (Wildman–Crippen MR) is 190 cm³/mol. The van der Waals surface area contributed by atoms with Crippen LogP contribution in [0.15, 0.2) is 60.7 Å². The number of carboxylic acid groups (broad SMARTS) is 3. The van der Waals surface area contributed by atoms with Gasteiger partial charge in [0.2, 0.25) is 23.1 Å². The fourth-order valence-electron chi connectivity index (χ4n) is 6.89. The van der Waals surface area contributed by atoms with Crippen molar-refractivity contribution < 1.29 is 64.0 Å². The summed E-state index contributed by atoms with van der Waals surface area (Å²) in [5.74, 6) is -10.9. The second-order valence-electron chi connectivity index (χ2n) is 13.8. The molecule has 0 amide bonds. The molecular weight excluding hydrogens is 676 g/mol. The minimum absolute atomic E-state index is 0.0253. The van der Waals surface area contributed by atoms with Gasteiger partial charge in [-0.25, -0.2) is 14.4 Å². The Morgan fingerprint density at radius 3 is 2.08 bits per heavy atom. The lowest BCUT2D eigenvalue weighted by molar-refractivity contribution is -0.374. The van der Waals surface area contributed by atoms with Crippen molar-refractivity contribution in [2.24, 2.45) is 11.8 Å². The first-order chi connectivity index (χ1) is 24.7. The van der Waals surface area contributed by atoms with E-state index in [4.69, 9.17) is 14.2 Å². The van der Waals surface area contributed by atoms with Gasteiger partial charge in [0.1, 0.15) is 6.10 Å². The molecule has 0 aromatic heterocycles. The van der Waals surface area contributed by atoms with E-state index in [0.717, 1.165) is 31.2 Å². The van der Waals surface area contributed by atoms with E-state index in [1.54, 1.807) is 6.92 Å². The summed E-state index contributed by atoms with van der Waals surface area (Å²) < 4.78 is 16.6. The maximum Gasteiger partial charge on any atom is 0.344 e. The highest BCUT2D eigenvalue weighted by molar-refractivity contribution is 5.98. The van der Waals surface area contributed by atoms with Crippen LogP contribution in [0.5, 0.6) is 0 Å². The molecule has 0 saturated carbocycles. The number of benzene rings is 1. The zero-order valence-electron chi connectivity index (χ0n) is 30.1. The molecule has 0 spiro atoms. The number of esters is 1. The van der Waals surface area contributed by atoms with E-state index < -0.39 is 77.6 Å². The van der Waals surface area contributed by atoms with Gasteiger partial charge in [0, 0.05) is 12.8 Å². The number of aliphatic hydroxyl groups is 3. The van der Waals surface area contributed by atoms with E-state index in [1.165, 1.54) is 0 Å². The van der Waals surface area contributed by atoms with Crippen molar-refractivity contribution in [2.45, 2.75) is 133 Å². The van der Waals surface area contributed by atoms with E-state index >= 15 is 0 Å². The lowest BCUT2D eigenvalue weighted by atomic mass is 9.74. The quantitative estimate of drug-likeness (QED) is 0.0533. The average molecular weight is 731 g/mol. The van der Waals surface area contributed by atoms with E-state index in [-0.39, 0.29) is 18.8 Å². The molecule has 0 radical (unpaired) electrons. The van der Waals surface area contributed by atoms with Crippen LogP contribution < -0.4 is 0 Å². The number of rotatable bonds is 22. The molecule has 6 N–H and O–H groups in total. The third-order valence-corrected chi connectivity index (χ3v) is 9.99. The fraction of sp³-hybridized carbons (Fsp3) is 0.590. The molecule has 9 atom stereocenters. The van der Waals surface area contributed by atoms with Gasteiger partial charge >= 0.3 is 23.9 Å². The van der Waals surface area contributed by atoms with Gasteiger partial charge < -0.3 is 44.8 Å². The summed E-state index contributed by atoms with van der Waals surface area (Å²) in [6, 6.07) is 9.57. The van der Waals surface area contributed by atoms with Crippen molar-refractivity contribution in [3.8, 4) is 0 Å². The number of fused-ring (bicyclic) bond motifs is 2. The molecule has 1 aromatic rings. The van der Waals surface area contributed by atoms with Crippen LogP contribution in [0.25, 0.3) is 6.08 Å². The fourth-order valence-corrected chi connectivity index (χ4v) is 6.89. The first-order valence-corrected chi connectivity index (χ1v) is 18.0. The van der Waals surface area contributed by atoms with E-state index in [0.29, 0.717) is 25.7 Å². The molecule has 0 unspecified atom stereocenters. The van der Waals surface area contributed by atoms with Crippen LogP contribution in [0.2, 0.25) is 0 Å². The number of carbonyl (C=O) groups excluding carboxylic acids is 1. The molecule has 2 fully saturated rings. The lowest BCUT2D eigenvalue weighted by Crippen LogP contribution is -2.78. The third kappa shape index (κ3) is 9.56. The number of allylic oxidation sites excluding steroid dienone is 5. The first kappa shape index (κ1) is 42.5. The molecule has 288 valence electrons. The summed E-state index contributed by atoms with van der Waals surface area (Å²) in [5.41, 5.74) is -6.32. The number of hydrogen-bond acceptors (Lipinski definition) is 10. The second-order valence-corrected chi connectivity index (χ2v) is 13.8. The topological polar surface area (TPSA) is 217 Å². The van der Waals surface area contributed by atoms with Crippen LogP contribution in [-0.4, -0.2) is 95.9 Å². The number of aliphatic hydroxyl groups excluding tert-OH is 2. The summed E-state index contributed by atoms with van der Waals surface area (Å²) in [6.07, 6.45) is 9.20. The van der Waals surface area contributed by atoms with Crippen molar-refractivity contribution in [2.75, 3.05) is 0 Å². The van der Waals surface area contributed by atoms with Crippen molar-refractivity contribution in [1.82, 2.24) is 0 Å². The molecule has 52 heavy (non-hydrogen) atoms. The number of ether oxygens (including phenoxy) is 3. The van der Waals surface area contributed by atoms with Gasteiger partial charge in [0.05, 0.1) is 6.10 Å². The van der Waals surface area contributed by atoms with Crippen LogP contribution in [0, 0.1) is 11.8 Å². The van der Waals surface area contributed by atoms with Gasteiger partial charge in [-0.15, -0.1) is 0 Å². The zero-order chi connectivity index (χ0) is 38.5. The molecule has 2 saturated heterocycles. The Kier molecular flexibility index (Phi) is 15.8.